The van der Waals surface area contributed by atoms with E-state index in [0.29, 0.717) is 16.6 Å². The maximum atomic E-state index is 12.2. The Morgan fingerprint density at radius 2 is 2.04 bits per heavy atom. The Labute approximate surface area is 160 Å². The van der Waals surface area contributed by atoms with Crippen molar-refractivity contribution in [3.05, 3.63) is 52.9 Å². The molecule has 1 amide bonds. The van der Waals surface area contributed by atoms with Crippen LogP contribution in [0.5, 0.6) is 17.2 Å². The topological polar surface area (TPSA) is 69.7 Å². The van der Waals surface area contributed by atoms with Gasteiger partial charge in [0.2, 0.25) is 6.79 Å². The zero-order chi connectivity index (χ0) is 18.8. The molecule has 0 saturated heterocycles. The van der Waals surface area contributed by atoms with E-state index in [4.69, 9.17) is 14.2 Å². The number of benzene rings is 2. The van der Waals surface area contributed by atoms with Gasteiger partial charge in [-0.15, -0.1) is 11.3 Å². The molecule has 0 atom stereocenters. The predicted octanol–water partition coefficient (Wildman–Crippen LogP) is 4.17. The molecule has 4 rings (SSSR count). The lowest BCUT2D eigenvalue weighted by atomic mass is 10.1. The minimum atomic E-state index is -0.248. The van der Waals surface area contributed by atoms with Crippen LogP contribution >= 0.6 is 11.3 Å². The van der Waals surface area contributed by atoms with Gasteiger partial charge in [-0.2, -0.15) is 0 Å². The summed E-state index contributed by atoms with van der Waals surface area (Å²) in [5.74, 6) is 1.90. The second-order valence-corrected chi connectivity index (χ2v) is 7.07. The Bertz CT molecular complexity index is 999. The van der Waals surface area contributed by atoms with E-state index in [0.717, 1.165) is 28.1 Å². The van der Waals surface area contributed by atoms with E-state index in [9.17, 15) is 4.79 Å². The van der Waals surface area contributed by atoms with Gasteiger partial charge in [-0.05, 0) is 49.2 Å². The molecule has 27 heavy (non-hydrogen) atoms. The van der Waals surface area contributed by atoms with Gasteiger partial charge in [-0.25, -0.2) is 4.98 Å². The lowest BCUT2D eigenvalue weighted by molar-refractivity contribution is -0.118. The standard InChI is InChI=1S/C20H18N2O4S/c1-12-3-4-13(2)17(7-12)24-9-19(23)22-20-21-15(10-27-20)14-5-6-16-18(8-14)26-11-25-16/h3-8,10H,9,11H2,1-2H3,(H,21,22,23). The molecule has 0 fully saturated rings. The quantitative estimate of drug-likeness (QED) is 0.717. The van der Waals surface area contributed by atoms with Crippen molar-refractivity contribution in [3.63, 3.8) is 0 Å². The Hall–Kier alpha value is -3.06. The monoisotopic (exact) mass is 382 g/mol. The molecule has 138 valence electrons. The minimum absolute atomic E-state index is 0.0662. The van der Waals surface area contributed by atoms with Crippen molar-refractivity contribution in [3.8, 4) is 28.5 Å². The van der Waals surface area contributed by atoms with Gasteiger partial charge >= 0.3 is 0 Å². The summed E-state index contributed by atoms with van der Waals surface area (Å²) in [5, 5.41) is 5.19. The molecule has 1 aromatic heterocycles. The van der Waals surface area contributed by atoms with Crippen molar-refractivity contribution < 1.29 is 19.0 Å². The van der Waals surface area contributed by atoms with Crippen LogP contribution in [0.25, 0.3) is 11.3 Å². The first-order chi connectivity index (χ1) is 13.1. The lowest BCUT2D eigenvalue weighted by Crippen LogP contribution is -2.20. The minimum Gasteiger partial charge on any atom is -0.483 e. The Kier molecular flexibility index (Phi) is 4.68. The zero-order valence-electron chi connectivity index (χ0n) is 14.9. The fraction of sp³-hybridized carbons (Fsp3) is 0.200. The molecule has 1 aliphatic rings. The van der Waals surface area contributed by atoms with Crippen LogP contribution in [0.3, 0.4) is 0 Å². The number of fused-ring (bicyclic) bond motifs is 1. The van der Waals surface area contributed by atoms with E-state index in [-0.39, 0.29) is 19.3 Å². The zero-order valence-corrected chi connectivity index (χ0v) is 15.8. The number of aryl methyl sites for hydroxylation is 2. The number of thiazole rings is 1. The molecule has 0 unspecified atom stereocenters. The van der Waals surface area contributed by atoms with Gasteiger partial charge in [0, 0.05) is 10.9 Å². The van der Waals surface area contributed by atoms with Crippen molar-refractivity contribution in [2.45, 2.75) is 13.8 Å². The van der Waals surface area contributed by atoms with Crippen LogP contribution < -0.4 is 19.5 Å². The van der Waals surface area contributed by atoms with E-state index in [1.165, 1.54) is 11.3 Å². The molecule has 1 aliphatic heterocycles. The molecule has 3 aromatic rings. The third-order valence-corrected chi connectivity index (χ3v) is 4.88. The number of carbonyl (C=O) groups excluding carboxylic acids is 1. The maximum Gasteiger partial charge on any atom is 0.264 e. The fourth-order valence-corrected chi connectivity index (χ4v) is 3.42. The molecule has 7 heteroatoms. The summed E-state index contributed by atoms with van der Waals surface area (Å²) in [4.78, 5) is 16.6. The number of hydrogen-bond acceptors (Lipinski definition) is 6. The smallest absolute Gasteiger partial charge is 0.264 e. The Morgan fingerprint density at radius 3 is 2.93 bits per heavy atom. The third kappa shape index (κ3) is 3.88. The second kappa shape index (κ2) is 7.28. The number of nitrogens with one attached hydrogen (secondary N) is 1. The van der Waals surface area contributed by atoms with Crippen LogP contribution in [0.4, 0.5) is 5.13 Å². The van der Waals surface area contributed by atoms with E-state index < -0.39 is 0 Å². The summed E-state index contributed by atoms with van der Waals surface area (Å²) in [6.07, 6.45) is 0. The molecule has 6 nitrogen and oxygen atoms in total. The number of hydrogen-bond donors (Lipinski definition) is 1. The molecule has 0 bridgehead atoms. The highest BCUT2D eigenvalue weighted by atomic mass is 32.1. The van der Waals surface area contributed by atoms with Crippen LogP contribution in [0, 0.1) is 13.8 Å². The van der Waals surface area contributed by atoms with Gasteiger partial charge in [0.05, 0.1) is 5.69 Å². The van der Waals surface area contributed by atoms with Crippen LogP contribution in [-0.2, 0) is 4.79 Å². The van der Waals surface area contributed by atoms with Crippen molar-refractivity contribution in [1.82, 2.24) is 4.98 Å². The highest BCUT2D eigenvalue weighted by Gasteiger charge is 2.15. The van der Waals surface area contributed by atoms with Crippen molar-refractivity contribution in [2.24, 2.45) is 0 Å². The molecule has 0 radical (unpaired) electrons. The fourth-order valence-electron chi connectivity index (χ4n) is 2.68. The van der Waals surface area contributed by atoms with Gasteiger partial charge < -0.3 is 14.2 Å². The van der Waals surface area contributed by atoms with E-state index in [2.05, 4.69) is 10.3 Å². The molecule has 0 spiro atoms. The molecule has 0 saturated carbocycles. The normalized spacial score (nSPS) is 12.1. The van der Waals surface area contributed by atoms with E-state index in [1.807, 2.05) is 55.6 Å². The number of rotatable bonds is 5. The lowest BCUT2D eigenvalue weighted by Gasteiger charge is -2.09. The number of anilines is 1. The van der Waals surface area contributed by atoms with Crippen molar-refractivity contribution in [1.29, 1.82) is 0 Å². The molecule has 1 N–H and O–H groups in total. The number of nitrogens with zero attached hydrogens (tertiary/aromatic N) is 1. The highest BCUT2D eigenvalue weighted by molar-refractivity contribution is 7.14. The molecule has 2 heterocycles. The number of ether oxygens (including phenoxy) is 3. The largest absolute Gasteiger partial charge is 0.483 e. The van der Waals surface area contributed by atoms with Gasteiger partial charge in [-0.3, -0.25) is 10.1 Å². The van der Waals surface area contributed by atoms with Crippen molar-refractivity contribution >= 4 is 22.4 Å². The summed E-state index contributed by atoms with van der Waals surface area (Å²) < 4.78 is 16.3. The number of amides is 1. The van der Waals surface area contributed by atoms with Crippen LogP contribution in [0.1, 0.15) is 11.1 Å². The maximum absolute atomic E-state index is 12.2. The van der Waals surface area contributed by atoms with Crippen LogP contribution in [0.15, 0.2) is 41.8 Å². The first-order valence-electron chi connectivity index (χ1n) is 8.44. The predicted molar refractivity (Wildman–Crippen MR) is 104 cm³/mol. The average Bonchev–Trinajstić information content (AvgIpc) is 3.31. The summed E-state index contributed by atoms with van der Waals surface area (Å²) in [5.41, 5.74) is 3.75. The van der Waals surface area contributed by atoms with Crippen LogP contribution in [-0.4, -0.2) is 24.3 Å². The van der Waals surface area contributed by atoms with E-state index >= 15 is 0 Å². The van der Waals surface area contributed by atoms with Gasteiger partial charge in [0.1, 0.15) is 5.75 Å². The van der Waals surface area contributed by atoms with Crippen molar-refractivity contribution in [2.75, 3.05) is 18.7 Å². The molecule has 0 aliphatic carbocycles. The first kappa shape index (κ1) is 17.4. The second-order valence-electron chi connectivity index (χ2n) is 6.21. The van der Waals surface area contributed by atoms with E-state index in [1.54, 1.807) is 0 Å². The Morgan fingerprint density at radius 1 is 1.19 bits per heavy atom. The molecular weight excluding hydrogens is 364 g/mol. The summed E-state index contributed by atoms with van der Waals surface area (Å²) in [7, 11) is 0. The highest BCUT2D eigenvalue weighted by Crippen LogP contribution is 2.36. The average molecular weight is 382 g/mol. The van der Waals surface area contributed by atoms with Crippen LogP contribution in [0.2, 0.25) is 0 Å². The number of aromatic nitrogens is 1. The van der Waals surface area contributed by atoms with Gasteiger partial charge in [-0.1, -0.05) is 12.1 Å². The molecule has 2 aromatic carbocycles. The summed E-state index contributed by atoms with van der Waals surface area (Å²) in [6, 6.07) is 11.6. The van der Waals surface area contributed by atoms with Gasteiger partial charge in [0.15, 0.2) is 23.2 Å². The SMILES string of the molecule is Cc1ccc(C)c(OCC(=O)Nc2nc(-c3ccc4c(c3)OCO4)cs2)c1. The first-order valence-corrected chi connectivity index (χ1v) is 9.32. The Balaban J connectivity index is 1.39. The summed E-state index contributed by atoms with van der Waals surface area (Å²) in [6.45, 7) is 4.10. The summed E-state index contributed by atoms with van der Waals surface area (Å²) >= 11 is 1.36. The number of carbonyl (C=O) groups is 1. The third-order valence-electron chi connectivity index (χ3n) is 4.12. The molecular formula is C20H18N2O4S. The van der Waals surface area contributed by atoms with Gasteiger partial charge in [0.25, 0.3) is 5.91 Å².